The smallest absolute Gasteiger partial charge is 0.147 e. The molecule has 0 bridgehead atoms. The average Bonchev–Trinajstić information content (AvgIpc) is 2.98. The van der Waals surface area contributed by atoms with Gasteiger partial charge in [0.05, 0.1) is 31.3 Å². The van der Waals surface area contributed by atoms with Crippen LogP contribution in [0.1, 0.15) is 41.5 Å². The highest BCUT2D eigenvalue weighted by atomic mass is 16.5. The van der Waals surface area contributed by atoms with Crippen LogP contribution in [0.4, 0.5) is 17.3 Å². The second-order valence-electron chi connectivity index (χ2n) is 10.2. The molecule has 0 radical (unpaired) electrons. The minimum absolute atomic E-state index is 0.479. The number of pyridine rings is 1. The second kappa shape index (κ2) is 10.9. The monoisotopic (exact) mass is 511 g/mol. The zero-order valence-corrected chi connectivity index (χ0v) is 21.6. The van der Waals surface area contributed by atoms with Crippen LogP contribution in [-0.2, 0) is 9.53 Å². The van der Waals surface area contributed by atoms with Crippen molar-refractivity contribution in [1.82, 2.24) is 25.2 Å². The molecule has 2 aromatic heterocycles. The normalized spacial score (nSPS) is 20.0. The van der Waals surface area contributed by atoms with E-state index in [1.54, 1.807) is 18.6 Å². The number of likely N-dealkylation sites (tertiary alicyclic amines) is 1. The van der Waals surface area contributed by atoms with Crippen molar-refractivity contribution in [3.8, 4) is 11.4 Å². The van der Waals surface area contributed by atoms with Gasteiger partial charge in [0.15, 0.2) is 0 Å². The fourth-order valence-corrected chi connectivity index (χ4v) is 5.42. The molecule has 2 N–H and O–H groups in total. The van der Waals surface area contributed by atoms with Crippen molar-refractivity contribution in [3.05, 3.63) is 65.6 Å². The molecule has 38 heavy (non-hydrogen) atoms. The molecular weight excluding hydrogens is 478 g/mol. The summed E-state index contributed by atoms with van der Waals surface area (Å²) in [5.74, 6) is 2.07. The number of aromatic nitrogens is 3. The van der Waals surface area contributed by atoms with Gasteiger partial charge in [-0.3, -0.25) is 0 Å². The fourth-order valence-electron chi connectivity index (χ4n) is 5.42. The second-order valence-corrected chi connectivity index (χ2v) is 10.2. The lowest BCUT2D eigenvalue weighted by Gasteiger charge is -2.29. The van der Waals surface area contributed by atoms with E-state index in [1.165, 1.54) is 18.4 Å². The van der Waals surface area contributed by atoms with Crippen LogP contribution in [0, 0.1) is 0 Å². The highest BCUT2D eigenvalue weighted by molar-refractivity contribution is 5.79. The predicted octanol–water partition coefficient (Wildman–Crippen LogP) is 3.74. The maximum atomic E-state index is 11.9. The van der Waals surface area contributed by atoms with E-state index in [2.05, 4.69) is 61.7 Å². The van der Waals surface area contributed by atoms with E-state index < -0.39 is 6.04 Å². The number of hydrogen-bond acceptors (Lipinski definition) is 9. The van der Waals surface area contributed by atoms with E-state index >= 15 is 0 Å². The summed E-state index contributed by atoms with van der Waals surface area (Å²) < 4.78 is 5.44. The maximum Gasteiger partial charge on any atom is 0.147 e. The molecule has 1 atom stereocenters. The molecule has 2 fully saturated rings. The summed E-state index contributed by atoms with van der Waals surface area (Å²) in [4.78, 5) is 30.7. The van der Waals surface area contributed by atoms with E-state index in [0.29, 0.717) is 36.3 Å². The van der Waals surface area contributed by atoms with E-state index in [0.717, 1.165) is 55.1 Å². The number of anilines is 3. The number of ether oxygens (including phenoxy) is 1. The van der Waals surface area contributed by atoms with Crippen LogP contribution >= 0.6 is 0 Å². The lowest BCUT2D eigenvalue weighted by atomic mass is 9.89. The lowest BCUT2D eigenvalue weighted by Crippen LogP contribution is -2.36. The molecule has 2 saturated heterocycles. The first kappa shape index (κ1) is 24.5. The van der Waals surface area contributed by atoms with Gasteiger partial charge in [0, 0.05) is 24.3 Å². The largest absolute Gasteiger partial charge is 0.378 e. The Morgan fingerprint density at radius 2 is 1.82 bits per heavy atom. The van der Waals surface area contributed by atoms with Crippen LogP contribution in [0.3, 0.4) is 0 Å². The maximum absolute atomic E-state index is 11.9. The molecule has 6 rings (SSSR count). The third kappa shape index (κ3) is 5.12. The molecule has 3 aliphatic heterocycles. The van der Waals surface area contributed by atoms with Gasteiger partial charge in [-0.1, -0.05) is 12.1 Å². The first-order valence-corrected chi connectivity index (χ1v) is 13.3. The highest BCUT2D eigenvalue weighted by Gasteiger charge is 2.24. The van der Waals surface area contributed by atoms with Crippen LogP contribution in [0.25, 0.3) is 17.5 Å². The van der Waals surface area contributed by atoms with Crippen molar-refractivity contribution in [2.75, 3.05) is 56.7 Å². The Hall–Kier alpha value is -3.82. The van der Waals surface area contributed by atoms with Gasteiger partial charge in [-0.15, -0.1) is 0 Å². The molecule has 5 heterocycles. The molecular formula is C29H33N7O2. The number of carbonyl (C=O) groups is 1. The zero-order valence-electron chi connectivity index (χ0n) is 21.6. The zero-order chi connectivity index (χ0) is 25.9. The average molecular weight is 512 g/mol. The minimum atomic E-state index is -0.479. The standard InChI is InChI=1S/C29H33N7O2/c1-35-10-7-21(8-11-35)20-2-4-23(5-3-20)33-29-28-22(6-9-30-26(28)19-37)16-24(34-29)25-17-32-27(18-31-25)36-12-14-38-15-13-36/h2-6,9,16-19,21,26,30H,7-8,10-15H2,1H3,(H,33,34). The molecule has 3 aromatic rings. The van der Waals surface area contributed by atoms with E-state index in [1.807, 2.05) is 12.1 Å². The van der Waals surface area contributed by atoms with Crippen LogP contribution in [-0.4, -0.2) is 72.6 Å². The van der Waals surface area contributed by atoms with Gasteiger partial charge in [-0.2, -0.15) is 0 Å². The summed E-state index contributed by atoms with van der Waals surface area (Å²) >= 11 is 0. The fraction of sp³-hybridized carbons (Fsp3) is 0.379. The van der Waals surface area contributed by atoms with Gasteiger partial charge in [0.1, 0.15) is 29.7 Å². The number of morpholine rings is 1. The summed E-state index contributed by atoms with van der Waals surface area (Å²) in [7, 11) is 2.19. The molecule has 1 unspecified atom stereocenters. The van der Waals surface area contributed by atoms with Crippen molar-refractivity contribution < 1.29 is 9.53 Å². The SMILES string of the molecule is CN1CCC(c2ccc(Nc3nc(-c4cnc(N5CCOCC5)cn4)cc4c3C(C=O)NC=C4)cc2)CC1. The van der Waals surface area contributed by atoms with Gasteiger partial charge >= 0.3 is 0 Å². The minimum Gasteiger partial charge on any atom is -0.378 e. The van der Waals surface area contributed by atoms with Crippen LogP contribution in [0.5, 0.6) is 0 Å². The summed E-state index contributed by atoms with van der Waals surface area (Å²) in [5, 5.41) is 6.62. The number of aldehydes is 1. The van der Waals surface area contributed by atoms with Crippen molar-refractivity contribution in [2.24, 2.45) is 0 Å². The molecule has 9 nitrogen and oxygen atoms in total. The quantitative estimate of drug-likeness (QED) is 0.480. The van der Waals surface area contributed by atoms with Gasteiger partial charge in [-0.05, 0) is 80.5 Å². The first-order chi connectivity index (χ1) is 18.7. The Balaban J connectivity index is 1.29. The third-order valence-electron chi connectivity index (χ3n) is 7.68. The number of nitrogens with zero attached hydrogens (tertiary/aromatic N) is 5. The number of rotatable bonds is 6. The molecule has 0 amide bonds. The number of nitrogens with one attached hydrogen (secondary N) is 2. The Kier molecular flexibility index (Phi) is 7.02. The van der Waals surface area contributed by atoms with Gasteiger partial charge < -0.3 is 30.0 Å². The number of benzene rings is 1. The molecule has 196 valence electrons. The van der Waals surface area contributed by atoms with Gasteiger partial charge in [0.25, 0.3) is 0 Å². The number of hydrogen-bond donors (Lipinski definition) is 2. The van der Waals surface area contributed by atoms with E-state index in [9.17, 15) is 4.79 Å². The molecule has 0 aliphatic carbocycles. The Morgan fingerprint density at radius 1 is 1.03 bits per heavy atom. The Bertz CT molecular complexity index is 1300. The van der Waals surface area contributed by atoms with Crippen molar-refractivity contribution >= 4 is 29.7 Å². The van der Waals surface area contributed by atoms with E-state index in [4.69, 9.17) is 9.72 Å². The highest BCUT2D eigenvalue weighted by Crippen LogP contribution is 2.34. The summed E-state index contributed by atoms with van der Waals surface area (Å²) in [5.41, 5.74) is 5.44. The predicted molar refractivity (Wildman–Crippen MR) is 148 cm³/mol. The van der Waals surface area contributed by atoms with Crippen molar-refractivity contribution in [2.45, 2.75) is 24.8 Å². The Labute approximate surface area is 223 Å². The molecule has 3 aliphatic rings. The van der Waals surface area contributed by atoms with Crippen molar-refractivity contribution in [3.63, 3.8) is 0 Å². The van der Waals surface area contributed by atoms with Gasteiger partial charge in [0.2, 0.25) is 0 Å². The van der Waals surface area contributed by atoms with Crippen LogP contribution < -0.4 is 15.5 Å². The van der Waals surface area contributed by atoms with E-state index in [-0.39, 0.29) is 0 Å². The molecule has 0 spiro atoms. The molecule has 1 aromatic carbocycles. The molecule has 9 heteroatoms. The van der Waals surface area contributed by atoms with Crippen LogP contribution in [0.2, 0.25) is 0 Å². The first-order valence-electron chi connectivity index (χ1n) is 13.3. The number of piperidine rings is 1. The summed E-state index contributed by atoms with van der Waals surface area (Å²) in [6.07, 6.45) is 10.6. The topological polar surface area (TPSA) is 95.5 Å². The van der Waals surface area contributed by atoms with Crippen molar-refractivity contribution in [1.29, 1.82) is 0 Å². The van der Waals surface area contributed by atoms with Gasteiger partial charge in [-0.25, -0.2) is 15.0 Å². The third-order valence-corrected chi connectivity index (χ3v) is 7.68. The number of fused-ring (bicyclic) bond motifs is 1. The Morgan fingerprint density at radius 3 is 2.53 bits per heavy atom. The summed E-state index contributed by atoms with van der Waals surface area (Å²) in [6.45, 7) is 5.28. The molecule has 0 saturated carbocycles. The number of carbonyl (C=O) groups excluding carboxylic acids is 1. The lowest BCUT2D eigenvalue weighted by molar-refractivity contribution is -0.109. The summed E-state index contributed by atoms with van der Waals surface area (Å²) in [6, 6.07) is 10.1. The van der Waals surface area contributed by atoms with Crippen LogP contribution in [0.15, 0.2) is 48.9 Å².